The first-order valence-electron chi connectivity index (χ1n) is 6.80. The van der Waals surface area contributed by atoms with E-state index in [1.54, 1.807) is 0 Å². The molecule has 2 rings (SSSR count). The van der Waals surface area contributed by atoms with Crippen LogP contribution in [0.2, 0.25) is 25.2 Å². The maximum absolute atomic E-state index is 6.62. The maximum Gasteiger partial charge on any atom is 0.226 e. The average molecular weight is 311 g/mol. The topological polar surface area (TPSA) is 6.48 Å². The molecule has 0 aromatic heterocycles. The normalized spacial score (nSPS) is 40.2. The lowest BCUT2D eigenvalue weighted by Crippen LogP contribution is -2.45. The van der Waals surface area contributed by atoms with Crippen LogP contribution >= 0.6 is 22.2 Å². The van der Waals surface area contributed by atoms with Crippen molar-refractivity contribution in [3.8, 4) is 0 Å². The van der Waals surface area contributed by atoms with Gasteiger partial charge < -0.3 is 9.13 Å². The second-order valence-corrected chi connectivity index (χ2v) is 17.5. The van der Waals surface area contributed by atoms with Gasteiger partial charge in [-0.1, -0.05) is 0 Å². The van der Waals surface area contributed by atoms with Crippen molar-refractivity contribution >= 4 is 37.2 Å². The van der Waals surface area contributed by atoms with Gasteiger partial charge >= 0.3 is 0 Å². The first-order chi connectivity index (χ1) is 7.92. The van der Waals surface area contributed by atoms with E-state index < -0.39 is 15.1 Å². The van der Waals surface area contributed by atoms with Gasteiger partial charge in [-0.25, -0.2) is 0 Å². The monoisotopic (exact) mass is 310 g/mol. The lowest BCUT2D eigenvalue weighted by Gasteiger charge is -2.30. The summed E-state index contributed by atoms with van der Waals surface area (Å²) < 4.78 is 5.13. The molecule has 2 saturated heterocycles. The highest BCUT2D eigenvalue weighted by atomic mass is 35.6. The van der Waals surface area contributed by atoms with Crippen LogP contribution in [0.5, 0.6) is 0 Å². The molecule has 2 unspecified atom stereocenters. The van der Waals surface area contributed by atoms with Gasteiger partial charge in [-0.15, -0.1) is 22.2 Å². The Balaban J connectivity index is 1.73. The molecular weight excluding hydrogens is 287 g/mol. The minimum absolute atomic E-state index is 1.18. The zero-order chi connectivity index (χ0) is 12.5. The molecule has 0 saturated carbocycles. The Hall–Kier alpha value is 0.934. The molecule has 0 aromatic rings. The predicted molar refractivity (Wildman–Crippen MR) is 81.6 cm³/mol. The van der Waals surface area contributed by atoms with Gasteiger partial charge in [-0.05, 0) is 70.6 Å². The standard InChI is InChI=1S/C11H24Cl2N2Si2/c1-16(12)10-4-8-14(16)6-3-7-15-9-5-11-17(15,2)13/h3-11H2,1-2H3. The van der Waals surface area contributed by atoms with Gasteiger partial charge in [0, 0.05) is 0 Å². The van der Waals surface area contributed by atoms with E-state index in [-0.39, 0.29) is 0 Å². The number of halogens is 2. The molecule has 2 aliphatic rings. The van der Waals surface area contributed by atoms with E-state index in [2.05, 4.69) is 22.2 Å². The zero-order valence-corrected chi connectivity index (χ0v) is 14.5. The Morgan fingerprint density at radius 3 is 1.59 bits per heavy atom. The summed E-state index contributed by atoms with van der Waals surface area (Å²) >= 11 is 13.2. The van der Waals surface area contributed by atoms with E-state index in [4.69, 9.17) is 22.2 Å². The number of rotatable bonds is 4. The molecule has 0 amide bonds. The van der Waals surface area contributed by atoms with Crippen molar-refractivity contribution in [1.82, 2.24) is 9.13 Å². The molecule has 17 heavy (non-hydrogen) atoms. The highest BCUT2D eigenvalue weighted by Gasteiger charge is 2.39. The largest absolute Gasteiger partial charge is 0.312 e. The van der Waals surface area contributed by atoms with Gasteiger partial charge in [0.2, 0.25) is 15.1 Å². The lowest BCUT2D eigenvalue weighted by atomic mass is 10.4. The Morgan fingerprint density at radius 1 is 0.882 bits per heavy atom. The summed E-state index contributed by atoms with van der Waals surface area (Å²) in [6.07, 6.45) is 3.85. The van der Waals surface area contributed by atoms with Crippen LogP contribution in [0.1, 0.15) is 19.3 Å². The maximum atomic E-state index is 6.62. The van der Waals surface area contributed by atoms with Gasteiger partial charge in [0.1, 0.15) is 0 Å². The van der Waals surface area contributed by atoms with Gasteiger partial charge in [0.15, 0.2) is 0 Å². The van der Waals surface area contributed by atoms with Crippen molar-refractivity contribution in [3.05, 3.63) is 0 Å². The molecular formula is C11H24Cl2N2Si2. The van der Waals surface area contributed by atoms with E-state index in [0.717, 1.165) is 0 Å². The van der Waals surface area contributed by atoms with Crippen LogP contribution in [0.3, 0.4) is 0 Å². The fraction of sp³-hybridized carbons (Fsp3) is 1.00. The minimum Gasteiger partial charge on any atom is -0.312 e. The number of hydrogen-bond acceptors (Lipinski definition) is 2. The van der Waals surface area contributed by atoms with Crippen LogP contribution in [-0.4, -0.2) is 50.4 Å². The second-order valence-electron chi connectivity index (χ2n) is 5.82. The SMILES string of the molecule is C[Si]1(Cl)CCCN1CCCN1CCC[Si]1(C)Cl. The van der Waals surface area contributed by atoms with E-state index in [0.29, 0.717) is 0 Å². The van der Waals surface area contributed by atoms with Crippen molar-refractivity contribution in [3.63, 3.8) is 0 Å². The van der Waals surface area contributed by atoms with Crippen molar-refractivity contribution in [2.45, 2.75) is 44.4 Å². The van der Waals surface area contributed by atoms with Crippen LogP contribution < -0.4 is 0 Å². The molecule has 0 radical (unpaired) electrons. The zero-order valence-electron chi connectivity index (χ0n) is 11.0. The number of hydrogen-bond donors (Lipinski definition) is 0. The third-order valence-corrected chi connectivity index (χ3v) is 12.9. The summed E-state index contributed by atoms with van der Waals surface area (Å²) in [5.74, 6) is 0. The van der Waals surface area contributed by atoms with E-state index in [9.17, 15) is 0 Å². The number of nitrogens with zero attached hydrogens (tertiary/aromatic N) is 2. The summed E-state index contributed by atoms with van der Waals surface area (Å²) in [5.41, 5.74) is 0. The summed E-state index contributed by atoms with van der Waals surface area (Å²) in [7, 11) is -3.03. The van der Waals surface area contributed by atoms with Crippen LogP contribution in [-0.2, 0) is 0 Å². The fourth-order valence-corrected chi connectivity index (χ4v) is 9.66. The first kappa shape index (κ1) is 14.3. The first-order valence-corrected chi connectivity index (χ1v) is 14.1. The highest BCUT2D eigenvalue weighted by molar-refractivity contribution is 7.18. The second kappa shape index (κ2) is 5.51. The third-order valence-electron chi connectivity index (χ3n) is 4.30. The molecule has 2 heterocycles. The molecule has 2 fully saturated rings. The predicted octanol–water partition coefficient (Wildman–Crippen LogP) is 3.41. The van der Waals surface area contributed by atoms with Crippen molar-refractivity contribution < 1.29 is 0 Å². The summed E-state index contributed by atoms with van der Waals surface area (Å²) in [4.78, 5) is 0. The van der Waals surface area contributed by atoms with Crippen molar-refractivity contribution in [2.75, 3.05) is 26.2 Å². The van der Waals surface area contributed by atoms with Crippen molar-refractivity contribution in [1.29, 1.82) is 0 Å². The molecule has 6 heteroatoms. The Labute approximate surface area is 117 Å². The molecule has 0 aliphatic carbocycles. The smallest absolute Gasteiger partial charge is 0.226 e. The van der Waals surface area contributed by atoms with Gasteiger partial charge in [-0.3, -0.25) is 0 Å². The molecule has 2 aliphatic heterocycles. The molecule has 0 spiro atoms. The highest BCUT2D eigenvalue weighted by Crippen LogP contribution is 2.31. The molecule has 100 valence electrons. The lowest BCUT2D eigenvalue weighted by molar-refractivity contribution is 0.392. The van der Waals surface area contributed by atoms with Crippen molar-refractivity contribution in [2.24, 2.45) is 0 Å². The Bertz CT molecular complexity index is 248. The minimum atomic E-state index is -1.52. The fourth-order valence-electron chi connectivity index (χ4n) is 3.11. The van der Waals surface area contributed by atoms with Crippen LogP contribution in [0.4, 0.5) is 0 Å². The van der Waals surface area contributed by atoms with Crippen LogP contribution in [0, 0.1) is 0 Å². The Morgan fingerprint density at radius 2 is 1.29 bits per heavy atom. The summed E-state index contributed by atoms with van der Waals surface area (Å²) in [6, 6.07) is 2.53. The summed E-state index contributed by atoms with van der Waals surface area (Å²) in [6.45, 7) is 9.40. The van der Waals surface area contributed by atoms with Crippen LogP contribution in [0.25, 0.3) is 0 Å². The molecule has 0 N–H and O–H groups in total. The molecule has 0 aromatic carbocycles. The quantitative estimate of drug-likeness (QED) is 0.580. The van der Waals surface area contributed by atoms with Gasteiger partial charge in [0.25, 0.3) is 0 Å². The third kappa shape index (κ3) is 3.48. The molecule has 2 nitrogen and oxygen atoms in total. The molecule has 0 bridgehead atoms. The summed E-state index contributed by atoms with van der Waals surface area (Å²) in [5, 5.41) is 0. The molecule has 2 atom stereocenters. The van der Waals surface area contributed by atoms with E-state index in [1.165, 1.54) is 57.5 Å². The van der Waals surface area contributed by atoms with Gasteiger partial charge in [-0.2, -0.15) is 0 Å². The van der Waals surface area contributed by atoms with E-state index in [1.807, 2.05) is 0 Å². The average Bonchev–Trinajstić information content (AvgIpc) is 2.71. The van der Waals surface area contributed by atoms with Crippen LogP contribution in [0.15, 0.2) is 0 Å². The van der Waals surface area contributed by atoms with E-state index >= 15 is 0 Å². The Kier molecular flexibility index (Phi) is 4.65. The van der Waals surface area contributed by atoms with Gasteiger partial charge in [0.05, 0.1) is 0 Å².